The largest absolute Gasteiger partial charge is 0.478 e. The Kier molecular flexibility index (Phi) is 6.15. The van der Waals surface area contributed by atoms with Crippen molar-refractivity contribution in [2.75, 3.05) is 19.7 Å². The first kappa shape index (κ1) is 19.4. The van der Waals surface area contributed by atoms with Crippen molar-refractivity contribution in [1.82, 2.24) is 14.9 Å². The fourth-order valence-electron chi connectivity index (χ4n) is 3.95. The van der Waals surface area contributed by atoms with E-state index < -0.39 is 0 Å². The highest BCUT2D eigenvalue weighted by atomic mass is 16.6. The summed E-state index contributed by atoms with van der Waals surface area (Å²) in [5.41, 5.74) is 0.338. The van der Waals surface area contributed by atoms with E-state index in [1.165, 1.54) is 6.42 Å². The van der Waals surface area contributed by atoms with E-state index in [1.807, 2.05) is 24.8 Å². The first-order chi connectivity index (χ1) is 13.0. The third-order valence-electron chi connectivity index (χ3n) is 5.38. The van der Waals surface area contributed by atoms with Gasteiger partial charge >= 0.3 is 6.09 Å². The van der Waals surface area contributed by atoms with Gasteiger partial charge in [0.15, 0.2) is 0 Å². The Morgan fingerprint density at radius 1 is 1.37 bits per heavy atom. The number of carbonyl (C=O) groups excluding carboxylic acids is 1. The molecule has 27 heavy (non-hydrogen) atoms. The molecule has 0 bridgehead atoms. The summed E-state index contributed by atoms with van der Waals surface area (Å²) in [6.45, 7) is 7.73. The van der Waals surface area contributed by atoms with E-state index in [1.54, 1.807) is 13.0 Å². The number of aryl methyl sites for hydroxylation is 1. The Hall–Kier alpha value is -2.36. The molecule has 7 nitrogen and oxygen atoms in total. The number of nitrogens with zero attached hydrogens (tertiary/aromatic N) is 4. The number of piperidine rings is 1. The van der Waals surface area contributed by atoms with Gasteiger partial charge in [-0.1, -0.05) is 0 Å². The SMILES string of the molecule is Cc1nc(C#N)cc(OCC[C@@H]2C[C@@H]2C2CCN(C(=O)OC(C)C)CC2)n1. The molecule has 7 heteroatoms. The van der Waals surface area contributed by atoms with E-state index >= 15 is 0 Å². The normalized spacial score (nSPS) is 22.4. The van der Waals surface area contributed by atoms with Crippen molar-refractivity contribution >= 4 is 6.09 Å². The maximum atomic E-state index is 12.0. The minimum Gasteiger partial charge on any atom is -0.478 e. The molecule has 1 saturated carbocycles. The van der Waals surface area contributed by atoms with Crippen LogP contribution in [-0.2, 0) is 4.74 Å². The minimum atomic E-state index is -0.180. The predicted molar refractivity (Wildman–Crippen MR) is 99.1 cm³/mol. The smallest absolute Gasteiger partial charge is 0.410 e. The van der Waals surface area contributed by atoms with Gasteiger partial charge in [-0.25, -0.2) is 9.78 Å². The van der Waals surface area contributed by atoms with Crippen LogP contribution in [0.25, 0.3) is 0 Å². The van der Waals surface area contributed by atoms with Crippen molar-refractivity contribution in [3.05, 3.63) is 17.6 Å². The van der Waals surface area contributed by atoms with E-state index in [2.05, 4.69) is 9.97 Å². The number of hydrogen-bond donors (Lipinski definition) is 0. The van der Waals surface area contributed by atoms with Crippen LogP contribution in [0.15, 0.2) is 6.07 Å². The van der Waals surface area contributed by atoms with E-state index in [9.17, 15) is 4.79 Å². The molecule has 1 saturated heterocycles. The van der Waals surface area contributed by atoms with Gasteiger partial charge in [-0.3, -0.25) is 0 Å². The van der Waals surface area contributed by atoms with Crippen molar-refractivity contribution in [3.8, 4) is 11.9 Å². The number of aromatic nitrogens is 2. The molecular formula is C20H28N4O3. The van der Waals surface area contributed by atoms with E-state index in [4.69, 9.17) is 14.7 Å². The Labute approximate surface area is 160 Å². The standard InChI is InChI=1S/C20H28N4O3/c1-13(2)27-20(25)24-7-4-15(5-8-24)18-10-16(18)6-9-26-19-11-17(12-21)22-14(3)23-19/h11,13,15-16,18H,4-10H2,1-3H3/t16-,18-/m1/s1. The van der Waals surface area contributed by atoms with Gasteiger partial charge in [0.25, 0.3) is 0 Å². The maximum absolute atomic E-state index is 12.0. The van der Waals surface area contributed by atoms with Crippen LogP contribution in [0.1, 0.15) is 51.0 Å². The number of likely N-dealkylation sites (tertiary alicyclic amines) is 1. The van der Waals surface area contributed by atoms with Gasteiger partial charge in [-0.05, 0) is 64.2 Å². The molecule has 1 aromatic rings. The summed E-state index contributed by atoms with van der Waals surface area (Å²) < 4.78 is 11.0. The van der Waals surface area contributed by atoms with Crippen molar-refractivity contribution in [2.45, 2.75) is 52.6 Å². The molecular weight excluding hydrogens is 344 g/mol. The van der Waals surface area contributed by atoms with Crippen LogP contribution in [0.3, 0.4) is 0 Å². The van der Waals surface area contributed by atoms with Crippen LogP contribution in [0.5, 0.6) is 5.88 Å². The lowest BCUT2D eigenvalue weighted by Gasteiger charge is -2.32. The van der Waals surface area contributed by atoms with Gasteiger partial charge < -0.3 is 14.4 Å². The Bertz CT molecular complexity index is 708. The molecule has 2 fully saturated rings. The lowest BCUT2D eigenvalue weighted by atomic mass is 9.91. The fraction of sp³-hybridized carbons (Fsp3) is 0.700. The highest BCUT2D eigenvalue weighted by Gasteiger charge is 2.43. The minimum absolute atomic E-state index is 0.0639. The average molecular weight is 372 g/mol. The summed E-state index contributed by atoms with van der Waals surface area (Å²) >= 11 is 0. The Morgan fingerprint density at radius 2 is 2.11 bits per heavy atom. The van der Waals surface area contributed by atoms with Gasteiger partial charge in [-0.2, -0.15) is 10.2 Å². The number of nitriles is 1. The average Bonchev–Trinajstić information content (AvgIpc) is 3.40. The zero-order valence-corrected chi connectivity index (χ0v) is 16.4. The second kappa shape index (κ2) is 8.55. The third-order valence-corrected chi connectivity index (χ3v) is 5.38. The van der Waals surface area contributed by atoms with Gasteiger partial charge in [0.1, 0.15) is 17.6 Å². The van der Waals surface area contributed by atoms with Crippen LogP contribution in [0.2, 0.25) is 0 Å². The van der Waals surface area contributed by atoms with Crippen LogP contribution in [-0.4, -0.2) is 46.8 Å². The first-order valence-corrected chi connectivity index (χ1v) is 9.80. The van der Waals surface area contributed by atoms with Crippen molar-refractivity contribution in [3.63, 3.8) is 0 Å². The molecule has 0 radical (unpaired) electrons. The molecule has 0 spiro atoms. The highest BCUT2D eigenvalue weighted by molar-refractivity contribution is 5.67. The van der Waals surface area contributed by atoms with Gasteiger partial charge in [-0.15, -0.1) is 0 Å². The number of ether oxygens (including phenoxy) is 2. The topological polar surface area (TPSA) is 88.3 Å². The zero-order chi connectivity index (χ0) is 19.4. The monoisotopic (exact) mass is 372 g/mol. The molecule has 2 atom stereocenters. The second-order valence-corrected chi connectivity index (χ2v) is 7.80. The molecule has 146 valence electrons. The molecule has 0 aromatic carbocycles. The fourth-order valence-corrected chi connectivity index (χ4v) is 3.95. The lowest BCUT2D eigenvalue weighted by Crippen LogP contribution is -2.40. The quantitative estimate of drug-likeness (QED) is 0.761. The summed E-state index contributed by atoms with van der Waals surface area (Å²) in [6, 6.07) is 3.61. The van der Waals surface area contributed by atoms with Crippen LogP contribution in [0, 0.1) is 36.0 Å². The van der Waals surface area contributed by atoms with E-state index in [0.29, 0.717) is 35.8 Å². The molecule has 1 aliphatic heterocycles. The van der Waals surface area contributed by atoms with Gasteiger partial charge in [0, 0.05) is 19.2 Å². The van der Waals surface area contributed by atoms with Crippen molar-refractivity contribution < 1.29 is 14.3 Å². The predicted octanol–water partition coefficient (Wildman–Crippen LogP) is 3.32. The molecule has 3 rings (SSSR count). The first-order valence-electron chi connectivity index (χ1n) is 9.80. The third kappa shape index (κ3) is 5.31. The van der Waals surface area contributed by atoms with Crippen LogP contribution >= 0.6 is 0 Å². The maximum Gasteiger partial charge on any atom is 0.410 e. The molecule has 2 aliphatic rings. The van der Waals surface area contributed by atoms with Gasteiger partial charge in [0.2, 0.25) is 5.88 Å². The van der Waals surface area contributed by atoms with Crippen LogP contribution < -0.4 is 4.74 Å². The molecule has 0 unspecified atom stereocenters. The molecule has 1 amide bonds. The summed E-state index contributed by atoms with van der Waals surface area (Å²) in [7, 11) is 0. The van der Waals surface area contributed by atoms with Crippen LogP contribution in [0.4, 0.5) is 4.79 Å². The Morgan fingerprint density at radius 3 is 2.78 bits per heavy atom. The molecule has 1 aliphatic carbocycles. The summed E-state index contributed by atoms with van der Waals surface area (Å²) in [4.78, 5) is 22.0. The second-order valence-electron chi connectivity index (χ2n) is 7.80. The number of amides is 1. The van der Waals surface area contributed by atoms with E-state index in [-0.39, 0.29) is 12.2 Å². The lowest BCUT2D eigenvalue weighted by molar-refractivity contribution is 0.0633. The summed E-state index contributed by atoms with van der Waals surface area (Å²) in [6.07, 6.45) is 4.13. The molecule has 0 N–H and O–H groups in total. The summed E-state index contributed by atoms with van der Waals surface area (Å²) in [5.74, 6) is 3.18. The number of hydrogen-bond acceptors (Lipinski definition) is 6. The van der Waals surface area contributed by atoms with E-state index in [0.717, 1.165) is 38.3 Å². The van der Waals surface area contributed by atoms with Crippen molar-refractivity contribution in [2.24, 2.45) is 17.8 Å². The highest BCUT2D eigenvalue weighted by Crippen LogP contribution is 2.49. The number of rotatable bonds is 6. The van der Waals surface area contributed by atoms with Gasteiger partial charge in [0.05, 0.1) is 12.7 Å². The van der Waals surface area contributed by atoms with Crippen molar-refractivity contribution in [1.29, 1.82) is 5.26 Å². The Balaban J connectivity index is 1.37. The number of carbonyl (C=O) groups is 1. The summed E-state index contributed by atoms with van der Waals surface area (Å²) in [5, 5.41) is 8.96. The zero-order valence-electron chi connectivity index (χ0n) is 16.4. The molecule has 2 heterocycles. The molecule has 1 aromatic heterocycles.